The molecule has 0 saturated carbocycles. The molecule has 0 aliphatic heterocycles. The Morgan fingerprint density at radius 2 is 1.23 bits per heavy atom. The molecule has 0 radical (unpaired) electrons. The van der Waals surface area contributed by atoms with Crippen LogP contribution in [0, 0.1) is 42.9 Å². The molecule has 0 amide bonds. The van der Waals surface area contributed by atoms with E-state index < -0.39 is 42.2 Å². The first kappa shape index (κ1) is 36.4. The highest BCUT2D eigenvalue weighted by molar-refractivity contribution is 6.33. The van der Waals surface area contributed by atoms with Crippen molar-refractivity contribution in [3.63, 3.8) is 0 Å². The molecule has 0 aliphatic rings. The van der Waals surface area contributed by atoms with Crippen molar-refractivity contribution in [3.05, 3.63) is 159 Å². The zero-order valence-electron chi connectivity index (χ0n) is 28.9. The molecule has 0 fully saturated rings. The van der Waals surface area contributed by atoms with Crippen LogP contribution >= 0.6 is 0 Å². The molecule has 11 heteroatoms. The van der Waals surface area contributed by atoms with Gasteiger partial charge in [-0.15, -0.1) is 0 Å². The van der Waals surface area contributed by atoms with Crippen molar-refractivity contribution in [2.24, 2.45) is 0 Å². The number of nitrogens with one attached hydrogen (secondary N) is 2. The number of H-pyrrole nitrogens is 2. The maximum atomic E-state index is 12.7. The third-order valence-corrected chi connectivity index (χ3v) is 8.99. The first-order valence-electron chi connectivity index (χ1n) is 16.7. The topological polar surface area (TPSA) is 81.3 Å². The third kappa shape index (κ3) is 7.47. The number of aromatic nitrogens is 2. The Morgan fingerprint density at radius 1 is 0.673 bits per heavy atom. The van der Waals surface area contributed by atoms with Gasteiger partial charge in [-0.3, -0.25) is 0 Å². The van der Waals surface area contributed by atoms with Gasteiger partial charge >= 0.3 is 7.32 Å². The second kappa shape index (κ2) is 15.1. The Hall–Kier alpha value is -5.39. The van der Waals surface area contributed by atoms with E-state index >= 15 is 0 Å². The largest absolute Gasteiger partial charge is 0.707 e. The lowest BCUT2D eigenvalue weighted by Gasteiger charge is -2.11. The highest BCUT2D eigenvalue weighted by Crippen LogP contribution is 2.38. The van der Waals surface area contributed by atoms with Crippen LogP contribution < -0.4 is 4.65 Å². The van der Waals surface area contributed by atoms with Gasteiger partial charge in [0.2, 0.25) is 29.1 Å². The van der Waals surface area contributed by atoms with Crippen molar-refractivity contribution >= 4 is 29.1 Å². The standard InChI is InChI=1S/C35H34N2.C6H2BF5O3/c1-22(2)32-21-28-8-5-9-29(34(28)37-32)35-30(20-26-17-13-24(4)14-18-26)33-27(7-6-10-31(33)36-35)19-25-15-11-23(3)12-16-25;8-1-2(9)4(11)6(15-7(13)14)5(12)3(1)10/h5-18,21-22,36-37H,19-20H2,1-4H3;13-14H. The number of para-hydroxylation sites is 1. The Kier molecular flexibility index (Phi) is 10.6. The molecule has 2 heterocycles. The summed E-state index contributed by atoms with van der Waals surface area (Å²) in [5.74, 6) is -12.7. The molecule has 5 aromatic carbocycles. The summed E-state index contributed by atoms with van der Waals surface area (Å²) >= 11 is 0. The van der Waals surface area contributed by atoms with E-state index in [4.69, 9.17) is 10.0 Å². The highest BCUT2D eigenvalue weighted by Gasteiger charge is 2.29. The van der Waals surface area contributed by atoms with E-state index in [9.17, 15) is 22.0 Å². The minimum Gasteiger partial charge on any atom is -0.507 e. The normalized spacial score (nSPS) is 11.3. The third-order valence-electron chi connectivity index (χ3n) is 8.99. The van der Waals surface area contributed by atoms with Gasteiger partial charge in [-0.1, -0.05) is 104 Å². The summed E-state index contributed by atoms with van der Waals surface area (Å²) in [6.45, 7) is 8.79. The summed E-state index contributed by atoms with van der Waals surface area (Å²) in [6, 6.07) is 33.6. The second-order valence-corrected chi connectivity index (χ2v) is 13.1. The summed E-state index contributed by atoms with van der Waals surface area (Å²) in [6.07, 6.45) is 1.80. The first-order valence-corrected chi connectivity index (χ1v) is 16.7. The molecule has 7 aromatic rings. The predicted molar refractivity (Wildman–Crippen MR) is 195 cm³/mol. The summed E-state index contributed by atoms with van der Waals surface area (Å²) in [7, 11) is -2.70. The van der Waals surface area contributed by atoms with Gasteiger partial charge in [0.25, 0.3) is 0 Å². The fourth-order valence-electron chi connectivity index (χ4n) is 6.28. The van der Waals surface area contributed by atoms with E-state index in [2.05, 4.69) is 133 Å². The number of hydrogen-bond acceptors (Lipinski definition) is 3. The van der Waals surface area contributed by atoms with E-state index in [1.807, 2.05) is 0 Å². The lowest BCUT2D eigenvalue weighted by molar-refractivity contribution is 0.263. The highest BCUT2D eigenvalue weighted by atomic mass is 19.2. The second-order valence-electron chi connectivity index (χ2n) is 13.1. The molecule has 0 aliphatic carbocycles. The molecule has 52 heavy (non-hydrogen) atoms. The number of hydrogen-bond donors (Lipinski definition) is 4. The number of aryl methyl sites for hydroxylation is 2. The van der Waals surface area contributed by atoms with Crippen LogP contribution in [0.1, 0.15) is 58.8 Å². The van der Waals surface area contributed by atoms with Crippen LogP contribution in [-0.4, -0.2) is 27.3 Å². The van der Waals surface area contributed by atoms with Crippen molar-refractivity contribution < 1.29 is 36.7 Å². The summed E-state index contributed by atoms with van der Waals surface area (Å²) in [4.78, 5) is 7.60. The lowest BCUT2D eigenvalue weighted by atomic mass is 9.93. The van der Waals surface area contributed by atoms with Crippen LogP contribution in [-0.2, 0) is 12.8 Å². The molecular formula is C41H36BF5N2O3. The predicted octanol–water partition coefficient (Wildman–Crippen LogP) is 9.97. The minimum absolute atomic E-state index is 0.455. The molecule has 0 spiro atoms. The molecule has 0 unspecified atom stereocenters. The van der Waals surface area contributed by atoms with Crippen LogP contribution in [0.25, 0.3) is 33.1 Å². The average molecular weight is 711 g/mol. The first-order chi connectivity index (χ1) is 24.8. The lowest BCUT2D eigenvalue weighted by Crippen LogP contribution is -2.23. The Balaban J connectivity index is 0.000000261. The van der Waals surface area contributed by atoms with Crippen molar-refractivity contribution in [2.45, 2.75) is 46.5 Å². The Labute approximate surface area is 297 Å². The van der Waals surface area contributed by atoms with E-state index in [0.29, 0.717) is 5.92 Å². The average Bonchev–Trinajstić information content (AvgIpc) is 3.73. The smallest absolute Gasteiger partial charge is 0.507 e. The van der Waals surface area contributed by atoms with E-state index in [-0.39, 0.29) is 0 Å². The zero-order valence-corrected chi connectivity index (χ0v) is 28.9. The SMILES string of the molecule is Cc1ccc(Cc2cccc3[nH]c(-c4cccc5cc(C(C)C)[nH]c45)c(Cc4ccc(C)cc4)c23)cc1.OB(O)Oc1c(F)c(F)c(F)c(F)c1F. The summed E-state index contributed by atoms with van der Waals surface area (Å²) in [5, 5.41) is 19.0. The van der Waals surface area contributed by atoms with Crippen LogP contribution in [0.4, 0.5) is 22.0 Å². The van der Waals surface area contributed by atoms with Crippen LogP contribution in [0.2, 0.25) is 0 Å². The summed E-state index contributed by atoms with van der Waals surface area (Å²) < 4.78 is 66.3. The maximum absolute atomic E-state index is 12.7. The summed E-state index contributed by atoms with van der Waals surface area (Å²) in [5.41, 5.74) is 14.2. The van der Waals surface area contributed by atoms with Gasteiger partial charge in [-0.05, 0) is 60.6 Å². The molecule has 266 valence electrons. The van der Waals surface area contributed by atoms with Crippen LogP contribution in [0.5, 0.6) is 5.75 Å². The number of rotatable bonds is 8. The van der Waals surface area contributed by atoms with Crippen LogP contribution in [0.3, 0.4) is 0 Å². The van der Waals surface area contributed by atoms with Crippen molar-refractivity contribution in [3.8, 4) is 17.0 Å². The fourth-order valence-corrected chi connectivity index (χ4v) is 6.28. The quantitative estimate of drug-likeness (QED) is 0.0549. The molecule has 4 N–H and O–H groups in total. The van der Waals surface area contributed by atoms with Crippen molar-refractivity contribution in [1.82, 2.24) is 9.97 Å². The zero-order chi connectivity index (χ0) is 37.3. The molecule has 7 rings (SSSR count). The van der Waals surface area contributed by atoms with Gasteiger partial charge in [-0.2, -0.15) is 8.78 Å². The number of aromatic amines is 2. The number of benzene rings is 5. The monoisotopic (exact) mass is 710 g/mol. The number of halogens is 5. The van der Waals surface area contributed by atoms with Crippen LogP contribution in [0.15, 0.2) is 91.0 Å². The Bertz CT molecular complexity index is 2340. The minimum atomic E-state index is -2.70. The number of fused-ring (bicyclic) bond motifs is 2. The van der Waals surface area contributed by atoms with Gasteiger partial charge in [0, 0.05) is 34.0 Å². The van der Waals surface area contributed by atoms with Gasteiger partial charge < -0.3 is 24.7 Å². The van der Waals surface area contributed by atoms with E-state index in [1.54, 1.807) is 0 Å². The molecule has 2 aromatic heterocycles. The van der Waals surface area contributed by atoms with E-state index in [0.717, 1.165) is 12.8 Å². The molecule has 5 nitrogen and oxygen atoms in total. The van der Waals surface area contributed by atoms with Gasteiger partial charge in [0.05, 0.1) is 11.2 Å². The van der Waals surface area contributed by atoms with Gasteiger partial charge in [0.1, 0.15) is 0 Å². The molecule has 0 saturated heterocycles. The van der Waals surface area contributed by atoms with Crippen molar-refractivity contribution in [2.75, 3.05) is 0 Å². The fraction of sp³-hybridized carbons (Fsp3) is 0.171. The maximum Gasteiger partial charge on any atom is 0.707 e. The molecular weight excluding hydrogens is 674 g/mol. The van der Waals surface area contributed by atoms with E-state index in [1.165, 1.54) is 72.1 Å². The molecule has 0 atom stereocenters. The van der Waals surface area contributed by atoms with Gasteiger partial charge in [0.15, 0.2) is 5.75 Å². The Morgan fingerprint density at radius 3 is 1.81 bits per heavy atom. The molecule has 0 bridgehead atoms. The van der Waals surface area contributed by atoms with Gasteiger partial charge in [-0.25, -0.2) is 13.2 Å². The van der Waals surface area contributed by atoms with Crippen molar-refractivity contribution in [1.29, 1.82) is 0 Å².